The zero-order valence-corrected chi connectivity index (χ0v) is 18.2. The molecule has 1 aromatic heterocycles. The maximum Gasteiger partial charge on any atom is 0.416 e. The highest BCUT2D eigenvalue weighted by molar-refractivity contribution is 7.89. The maximum absolute atomic E-state index is 13.2. The molecule has 2 heterocycles. The van der Waals surface area contributed by atoms with Gasteiger partial charge in [-0.25, -0.2) is 16.8 Å². The molecule has 1 fully saturated rings. The number of alkyl halides is 3. The summed E-state index contributed by atoms with van der Waals surface area (Å²) in [4.78, 5) is 3.69. The maximum atomic E-state index is 13.2. The molecule has 0 amide bonds. The van der Waals surface area contributed by atoms with Crippen LogP contribution >= 0.6 is 0 Å². The predicted octanol–water partition coefficient (Wildman–Crippen LogP) is 2.95. The predicted molar refractivity (Wildman–Crippen MR) is 111 cm³/mol. The number of aromatic nitrogens is 1. The fourth-order valence-corrected chi connectivity index (χ4v) is 6.61. The van der Waals surface area contributed by atoms with E-state index in [0.717, 1.165) is 26.8 Å². The monoisotopic (exact) mass is 485 g/mol. The van der Waals surface area contributed by atoms with Crippen LogP contribution in [-0.2, 0) is 26.2 Å². The molecule has 0 radical (unpaired) electrons. The molecule has 32 heavy (non-hydrogen) atoms. The summed E-state index contributed by atoms with van der Waals surface area (Å²) in [5.74, 6) is 0. The Kier molecular flexibility index (Phi) is 5.74. The Balaban J connectivity index is 1.56. The Bertz CT molecular complexity index is 1360. The minimum absolute atomic E-state index is 0.0183. The van der Waals surface area contributed by atoms with Crippen LogP contribution in [0, 0.1) is 0 Å². The van der Waals surface area contributed by atoms with E-state index in [0.29, 0.717) is 17.0 Å². The van der Waals surface area contributed by atoms with Crippen molar-refractivity contribution in [1.29, 1.82) is 0 Å². The third-order valence-corrected chi connectivity index (χ3v) is 9.04. The van der Waals surface area contributed by atoms with Crippen molar-refractivity contribution in [3.8, 4) is 0 Å². The van der Waals surface area contributed by atoms with Gasteiger partial charge in [-0.3, -0.25) is 4.98 Å². The van der Waals surface area contributed by atoms with Gasteiger partial charge < -0.3 is 0 Å². The van der Waals surface area contributed by atoms with Crippen molar-refractivity contribution in [2.24, 2.45) is 0 Å². The van der Waals surface area contributed by atoms with Gasteiger partial charge in [-0.1, -0.05) is 24.3 Å². The number of fused-ring (bicyclic) bond motifs is 1. The molecule has 170 valence electrons. The molecule has 7 nitrogen and oxygen atoms in total. The van der Waals surface area contributed by atoms with E-state index in [-0.39, 0.29) is 31.1 Å². The van der Waals surface area contributed by atoms with Crippen LogP contribution in [0.2, 0.25) is 0 Å². The molecule has 1 aliphatic rings. The second-order valence-electron chi connectivity index (χ2n) is 7.17. The van der Waals surface area contributed by atoms with Crippen molar-refractivity contribution in [2.75, 3.05) is 26.2 Å². The molecule has 0 unspecified atom stereocenters. The zero-order chi connectivity index (χ0) is 23.1. The topological polar surface area (TPSA) is 87.7 Å². The van der Waals surface area contributed by atoms with Crippen molar-refractivity contribution in [3.05, 3.63) is 66.4 Å². The number of halogens is 3. The van der Waals surface area contributed by atoms with E-state index in [2.05, 4.69) is 4.98 Å². The van der Waals surface area contributed by atoms with E-state index in [1.807, 2.05) is 0 Å². The lowest BCUT2D eigenvalue weighted by molar-refractivity contribution is -0.137. The molecule has 0 spiro atoms. The van der Waals surface area contributed by atoms with Crippen LogP contribution < -0.4 is 0 Å². The van der Waals surface area contributed by atoms with Crippen molar-refractivity contribution in [3.63, 3.8) is 0 Å². The van der Waals surface area contributed by atoms with Gasteiger partial charge in [0.1, 0.15) is 4.90 Å². The SMILES string of the molecule is O=S(=O)(c1cccc(C(F)(F)F)c1)N1CCN(S(=O)(=O)c2cccc3cccnc23)CC1. The van der Waals surface area contributed by atoms with Gasteiger partial charge in [0, 0.05) is 37.8 Å². The number of piperazine rings is 1. The molecule has 0 N–H and O–H groups in total. The third-order valence-electron chi connectivity index (χ3n) is 5.21. The van der Waals surface area contributed by atoms with Gasteiger partial charge in [0.2, 0.25) is 20.0 Å². The highest BCUT2D eigenvalue weighted by Crippen LogP contribution is 2.32. The summed E-state index contributed by atoms with van der Waals surface area (Å²) in [5, 5.41) is 0.652. The van der Waals surface area contributed by atoms with E-state index in [1.165, 1.54) is 12.3 Å². The molecule has 3 aromatic rings. The van der Waals surface area contributed by atoms with Crippen molar-refractivity contribution >= 4 is 30.9 Å². The molecule has 1 saturated heterocycles. The smallest absolute Gasteiger partial charge is 0.255 e. The molecule has 1 aliphatic heterocycles. The number of sulfonamides is 2. The number of pyridine rings is 1. The van der Waals surface area contributed by atoms with Crippen LogP contribution in [0.1, 0.15) is 5.56 Å². The molecule has 12 heteroatoms. The standard InChI is InChI=1S/C20H18F3N3O4S2/c21-20(22,23)16-6-2-7-17(14-16)31(27,28)25-10-12-26(13-11-25)32(29,30)18-8-1-4-15-5-3-9-24-19(15)18/h1-9,14H,10-13H2. The second kappa shape index (κ2) is 8.10. The normalized spacial score (nSPS) is 17.0. The Morgan fingerprint density at radius 2 is 1.38 bits per heavy atom. The second-order valence-corrected chi connectivity index (χ2v) is 11.0. The Labute approximate surface area is 183 Å². The number of nitrogens with zero attached hydrogens (tertiary/aromatic N) is 3. The first-order valence-corrected chi connectivity index (χ1v) is 12.4. The lowest BCUT2D eigenvalue weighted by Crippen LogP contribution is -2.50. The Hall–Kier alpha value is -2.54. The highest BCUT2D eigenvalue weighted by atomic mass is 32.2. The van der Waals surface area contributed by atoms with Crippen molar-refractivity contribution < 1.29 is 30.0 Å². The summed E-state index contributed by atoms with van der Waals surface area (Å²) in [5.41, 5.74) is -0.753. The summed E-state index contributed by atoms with van der Waals surface area (Å²) in [7, 11) is -8.16. The first kappa shape index (κ1) is 22.6. The lowest BCUT2D eigenvalue weighted by atomic mass is 10.2. The molecule has 0 bridgehead atoms. The van der Waals surface area contributed by atoms with Crippen molar-refractivity contribution in [1.82, 2.24) is 13.6 Å². The molecule has 0 atom stereocenters. The summed E-state index contributed by atoms with van der Waals surface area (Å²) in [6, 6.07) is 11.7. The van der Waals surface area contributed by atoms with Crippen LogP contribution in [0.5, 0.6) is 0 Å². The molecule has 2 aromatic carbocycles. The quantitative estimate of drug-likeness (QED) is 0.567. The number of rotatable bonds is 4. The van der Waals surface area contributed by atoms with E-state index < -0.39 is 36.7 Å². The summed E-state index contributed by atoms with van der Waals surface area (Å²) in [6.45, 7) is -0.639. The molecular weight excluding hydrogens is 467 g/mol. The first-order valence-electron chi connectivity index (χ1n) is 9.52. The van der Waals surface area contributed by atoms with E-state index >= 15 is 0 Å². The van der Waals surface area contributed by atoms with E-state index in [9.17, 15) is 30.0 Å². The Morgan fingerprint density at radius 1 is 0.781 bits per heavy atom. The van der Waals surface area contributed by atoms with Crippen LogP contribution in [-0.4, -0.2) is 56.6 Å². The first-order chi connectivity index (χ1) is 15.0. The van der Waals surface area contributed by atoms with Gasteiger partial charge >= 0.3 is 6.18 Å². The fourth-order valence-electron chi connectivity index (χ4n) is 3.56. The number of para-hydroxylation sites is 1. The number of hydrogen-bond acceptors (Lipinski definition) is 5. The molecule has 4 rings (SSSR count). The van der Waals surface area contributed by atoms with Gasteiger partial charge in [0.05, 0.1) is 16.0 Å². The highest BCUT2D eigenvalue weighted by Gasteiger charge is 2.36. The van der Waals surface area contributed by atoms with E-state index in [4.69, 9.17) is 0 Å². The van der Waals surface area contributed by atoms with Gasteiger partial charge in [-0.15, -0.1) is 0 Å². The Morgan fingerprint density at radius 3 is 2.03 bits per heavy atom. The lowest BCUT2D eigenvalue weighted by Gasteiger charge is -2.33. The minimum Gasteiger partial charge on any atom is -0.255 e. The van der Waals surface area contributed by atoms with Gasteiger partial charge in [-0.2, -0.15) is 21.8 Å². The van der Waals surface area contributed by atoms with Crippen LogP contribution in [0.15, 0.2) is 70.6 Å². The molecule has 0 saturated carbocycles. The zero-order valence-electron chi connectivity index (χ0n) is 16.5. The minimum atomic E-state index is -4.68. The van der Waals surface area contributed by atoms with Gasteiger partial charge in [0.15, 0.2) is 0 Å². The average Bonchev–Trinajstić information content (AvgIpc) is 2.78. The largest absolute Gasteiger partial charge is 0.416 e. The van der Waals surface area contributed by atoms with Crippen LogP contribution in [0.25, 0.3) is 10.9 Å². The molecule has 0 aliphatic carbocycles. The van der Waals surface area contributed by atoms with Crippen LogP contribution in [0.3, 0.4) is 0 Å². The third kappa shape index (κ3) is 4.10. The summed E-state index contributed by atoms with van der Waals surface area (Å²) >= 11 is 0. The van der Waals surface area contributed by atoms with Crippen molar-refractivity contribution in [2.45, 2.75) is 16.0 Å². The summed E-state index contributed by atoms with van der Waals surface area (Å²) in [6.07, 6.45) is -3.19. The van der Waals surface area contributed by atoms with Gasteiger partial charge in [-0.05, 0) is 30.3 Å². The summed E-state index contributed by atoms with van der Waals surface area (Å²) < 4.78 is 93.1. The fraction of sp³-hybridized carbons (Fsp3) is 0.250. The van der Waals surface area contributed by atoms with E-state index in [1.54, 1.807) is 24.3 Å². The van der Waals surface area contributed by atoms with Crippen LogP contribution in [0.4, 0.5) is 13.2 Å². The van der Waals surface area contributed by atoms with Gasteiger partial charge in [0.25, 0.3) is 0 Å². The average molecular weight is 486 g/mol. The number of hydrogen-bond donors (Lipinski definition) is 0. The molecular formula is C20H18F3N3O4S2. The number of benzene rings is 2.